The molecule has 3 atom stereocenters. The second kappa shape index (κ2) is 5.46. The first-order valence-electron chi connectivity index (χ1n) is 5.36. The van der Waals surface area contributed by atoms with E-state index in [4.69, 9.17) is 0 Å². The minimum Gasteiger partial charge on any atom is -0.308 e. The first kappa shape index (κ1) is 11.6. The van der Waals surface area contributed by atoms with Crippen molar-refractivity contribution in [1.82, 2.24) is 5.32 Å². The molecule has 3 heteroatoms. The molecule has 82 valence electrons. The number of benzene rings is 1. The molecule has 0 bridgehead atoms. The highest BCUT2D eigenvalue weighted by atomic mass is 79.9. The van der Waals surface area contributed by atoms with Gasteiger partial charge in [0.2, 0.25) is 0 Å². The van der Waals surface area contributed by atoms with Gasteiger partial charge in [-0.15, -0.1) is 0 Å². The van der Waals surface area contributed by atoms with Crippen LogP contribution >= 0.6 is 31.9 Å². The Hall–Kier alpha value is 0.140. The molecule has 0 radical (unpaired) electrons. The molecule has 1 aliphatic heterocycles. The Bertz CT molecular complexity index is 302. The molecule has 2 aliphatic rings. The quantitative estimate of drug-likeness (QED) is 0.567. The van der Waals surface area contributed by atoms with Gasteiger partial charge in [-0.25, -0.2) is 0 Å². The lowest BCUT2D eigenvalue weighted by Crippen LogP contribution is -2.11. The molecule has 1 N–H and O–H groups in total. The van der Waals surface area contributed by atoms with Gasteiger partial charge in [-0.3, -0.25) is 0 Å². The number of fused-ring (bicyclic) bond motifs is 1. The fourth-order valence-electron chi connectivity index (χ4n) is 1.90. The van der Waals surface area contributed by atoms with E-state index in [-0.39, 0.29) is 0 Å². The summed E-state index contributed by atoms with van der Waals surface area (Å²) < 4.78 is 1.13. The molecule has 15 heavy (non-hydrogen) atoms. The molecular weight excluding hydrogens is 318 g/mol. The van der Waals surface area contributed by atoms with Crippen LogP contribution in [0.3, 0.4) is 0 Å². The first-order chi connectivity index (χ1) is 7.25. The van der Waals surface area contributed by atoms with E-state index in [1.54, 1.807) is 0 Å². The Morgan fingerprint density at radius 1 is 1.07 bits per heavy atom. The zero-order valence-corrected chi connectivity index (χ0v) is 11.7. The molecule has 1 aromatic rings. The lowest BCUT2D eigenvalue weighted by atomic mass is 10.0. The van der Waals surface area contributed by atoms with Crippen LogP contribution in [0.4, 0.5) is 0 Å². The number of halogens is 2. The average molecular weight is 333 g/mol. The third-order valence-corrected chi connectivity index (χ3v) is 4.20. The van der Waals surface area contributed by atoms with E-state index in [0.29, 0.717) is 0 Å². The fraction of sp³-hybridized carbons (Fsp3) is 0.500. The van der Waals surface area contributed by atoms with Crippen LogP contribution in [0.25, 0.3) is 0 Å². The molecule has 3 unspecified atom stereocenters. The van der Waals surface area contributed by atoms with Crippen LogP contribution in [0.2, 0.25) is 0 Å². The first-order valence-corrected chi connectivity index (χ1v) is 7.07. The Balaban J connectivity index is 0.000000115. The lowest BCUT2D eigenvalue weighted by molar-refractivity contribution is 0.591. The molecule has 0 spiro atoms. The second-order valence-electron chi connectivity index (χ2n) is 4.09. The van der Waals surface area contributed by atoms with Crippen LogP contribution in [0.1, 0.15) is 19.3 Å². The van der Waals surface area contributed by atoms with Crippen molar-refractivity contribution < 1.29 is 0 Å². The summed E-state index contributed by atoms with van der Waals surface area (Å²) in [7, 11) is 0. The van der Waals surface area contributed by atoms with Crippen LogP contribution in [-0.4, -0.2) is 16.9 Å². The molecule has 1 saturated heterocycles. The maximum absolute atomic E-state index is 3.62. The molecule has 0 amide bonds. The van der Waals surface area contributed by atoms with Crippen molar-refractivity contribution in [3.8, 4) is 0 Å². The Kier molecular flexibility index (Phi) is 4.23. The largest absolute Gasteiger partial charge is 0.308 e. The van der Waals surface area contributed by atoms with Crippen LogP contribution in [0, 0.1) is 0 Å². The number of hydrogen-bond acceptors (Lipinski definition) is 1. The van der Waals surface area contributed by atoms with Gasteiger partial charge >= 0.3 is 0 Å². The smallest absolute Gasteiger partial charge is 0.0235 e. The van der Waals surface area contributed by atoms with Crippen molar-refractivity contribution >= 4 is 31.9 Å². The second-order valence-corrected chi connectivity index (χ2v) is 6.30. The summed E-state index contributed by atoms with van der Waals surface area (Å²) in [4.78, 5) is 0.804. The monoisotopic (exact) mass is 331 g/mol. The van der Waals surface area contributed by atoms with Gasteiger partial charge in [0.05, 0.1) is 0 Å². The van der Waals surface area contributed by atoms with Crippen LogP contribution in [0.5, 0.6) is 0 Å². The highest BCUT2D eigenvalue weighted by Gasteiger charge is 2.40. The molecular formula is C12H15Br2N. The highest BCUT2D eigenvalue weighted by molar-refractivity contribution is 9.10. The zero-order valence-electron chi connectivity index (χ0n) is 8.50. The van der Waals surface area contributed by atoms with E-state index in [2.05, 4.69) is 37.2 Å². The number of alkyl halides is 1. The molecule has 0 aromatic heterocycles. The van der Waals surface area contributed by atoms with Crippen molar-refractivity contribution in [2.24, 2.45) is 0 Å². The standard InChI is InChI=1S/C6H10BrN.C6H5Br/c7-4-1-2-5-6(3-4)8-5;7-6-4-2-1-3-5-6/h4-6,8H,1-3H2;1-5H. The van der Waals surface area contributed by atoms with E-state index in [1.165, 1.54) is 19.3 Å². The lowest BCUT2D eigenvalue weighted by Gasteiger charge is -2.11. The Morgan fingerprint density at radius 3 is 2.27 bits per heavy atom. The molecule has 1 nitrogen and oxygen atoms in total. The van der Waals surface area contributed by atoms with E-state index in [0.717, 1.165) is 21.4 Å². The molecule has 1 heterocycles. The van der Waals surface area contributed by atoms with Crippen molar-refractivity contribution in [2.45, 2.75) is 36.2 Å². The summed E-state index contributed by atoms with van der Waals surface area (Å²) in [5.74, 6) is 0. The molecule has 1 aromatic carbocycles. The van der Waals surface area contributed by atoms with E-state index in [1.807, 2.05) is 30.3 Å². The molecule has 1 saturated carbocycles. The topological polar surface area (TPSA) is 21.9 Å². The Labute approximate surface area is 108 Å². The number of hydrogen-bond donors (Lipinski definition) is 1. The van der Waals surface area contributed by atoms with Crippen molar-refractivity contribution in [3.05, 3.63) is 34.8 Å². The molecule has 1 aliphatic carbocycles. The van der Waals surface area contributed by atoms with Gasteiger partial charge in [0.25, 0.3) is 0 Å². The summed E-state index contributed by atoms with van der Waals surface area (Å²) >= 11 is 6.93. The highest BCUT2D eigenvalue weighted by Crippen LogP contribution is 2.32. The van der Waals surface area contributed by atoms with Crippen LogP contribution < -0.4 is 5.32 Å². The minimum absolute atomic E-state index is 0.804. The maximum Gasteiger partial charge on any atom is 0.0235 e. The van der Waals surface area contributed by atoms with Crippen LogP contribution in [-0.2, 0) is 0 Å². The van der Waals surface area contributed by atoms with E-state index < -0.39 is 0 Å². The zero-order chi connectivity index (χ0) is 10.7. The molecule has 2 fully saturated rings. The van der Waals surface area contributed by atoms with E-state index >= 15 is 0 Å². The summed E-state index contributed by atoms with van der Waals surface area (Å²) in [5, 5.41) is 3.43. The summed E-state index contributed by atoms with van der Waals surface area (Å²) in [6.07, 6.45) is 4.11. The summed E-state index contributed by atoms with van der Waals surface area (Å²) in [6.45, 7) is 0. The summed E-state index contributed by atoms with van der Waals surface area (Å²) in [6, 6.07) is 11.8. The average Bonchev–Trinajstić information content (AvgIpc) is 2.98. The van der Waals surface area contributed by atoms with Gasteiger partial charge in [-0.2, -0.15) is 0 Å². The van der Waals surface area contributed by atoms with Gasteiger partial charge < -0.3 is 5.32 Å². The van der Waals surface area contributed by atoms with Gasteiger partial charge in [-0.05, 0) is 31.4 Å². The fourth-order valence-corrected chi connectivity index (χ4v) is 2.88. The maximum atomic E-state index is 3.62. The number of rotatable bonds is 0. The predicted octanol–water partition coefficient (Wildman–Crippen LogP) is 3.72. The van der Waals surface area contributed by atoms with Crippen LogP contribution in [0.15, 0.2) is 34.8 Å². The van der Waals surface area contributed by atoms with Crippen molar-refractivity contribution in [2.75, 3.05) is 0 Å². The predicted molar refractivity (Wildman–Crippen MR) is 71.4 cm³/mol. The SMILES string of the molecule is BrC1CCC2NC2C1.Brc1ccccc1. The number of nitrogens with one attached hydrogen (secondary N) is 1. The van der Waals surface area contributed by atoms with Gasteiger partial charge in [-0.1, -0.05) is 50.1 Å². The van der Waals surface area contributed by atoms with Gasteiger partial charge in [0.15, 0.2) is 0 Å². The van der Waals surface area contributed by atoms with E-state index in [9.17, 15) is 0 Å². The van der Waals surface area contributed by atoms with Crippen molar-refractivity contribution in [3.63, 3.8) is 0 Å². The third kappa shape index (κ3) is 3.89. The third-order valence-electron chi connectivity index (χ3n) is 2.84. The van der Waals surface area contributed by atoms with Crippen molar-refractivity contribution in [1.29, 1.82) is 0 Å². The van der Waals surface area contributed by atoms with Gasteiger partial charge in [0, 0.05) is 21.4 Å². The summed E-state index contributed by atoms with van der Waals surface area (Å²) in [5.41, 5.74) is 0. The Morgan fingerprint density at radius 2 is 1.80 bits per heavy atom. The molecule has 3 rings (SSSR count). The van der Waals surface area contributed by atoms with Gasteiger partial charge in [0.1, 0.15) is 0 Å². The minimum atomic E-state index is 0.804. The normalized spacial score (nSPS) is 32.3.